The first-order chi connectivity index (χ1) is 12.1. The first-order valence-corrected chi connectivity index (χ1v) is 9.01. The smallest absolute Gasteiger partial charge is 0.275 e. The summed E-state index contributed by atoms with van der Waals surface area (Å²) in [6.07, 6.45) is 4.39. The van der Waals surface area contributed by atoms with Crippen LogP contribution in [0.4, 0.5) is 0 Å². The number of nitrogens with one attached hydrogen (secondary N) is 1. The van der Waals surface area contributed by atoms with Crippen LogP contribution in [0.3, 0.4) is 0 Å². The molecule has 134 valence electrons. The molecule has 0 aliphatic heterocycles. The number of nitrogens with zero attached hydrogens (tertiary/aromatic N) is 2. The van der Waals surface area contributed by atoms with Crippen molar-refractivity contribution in [2.75, 3.05) is 6.54 Å². The van der Waals surface area contributed by atoms with Gasteiger partial charge in [0, 0.05) is 18.3 Å². The van der Waals surface area contributed by atoms with E-state index in [4.69, 9.17) is 0 Å². The Morgan fingerprint density at radius 3 is 2.60 bits per heavy atom. The minimum atomic E-state index is -0.398. The van der Waals surface area contributed by atoms with Crippen molar-refractivity contribution in [3.8, 4) is 5.69 Å². The highest BCUT2D eigenvalue weighted by Crippen LogP contribution is 2.11. The zero-order valence-corrected chi connectivity index (χ0v) is 15.3. The molecule has 0 radical (unpaired) electrons. The molecule has 5 nitrogen and oxygen atoms in total. The van der Waals surface area contributed by atoms with Crippen LogP contribution >= 0.6 is 0 Å². The fourth-order valence-corrected chi connectivity index (χ4v) is 2.80. The van der Waals surface area contributed by atoms with E-state index in [2.05, 4.69) is 24.3 Å². The largest absolute Gasteiger partial charge is 0.350 e. The van der Waals surface area contributed by atoms with Gasteiger partial charge in [-0.15, -0.1) is 0 Å². The van der Waals surface area contributed by atoms with Gasteiger partial charge in [0.25, 0.3) is 5.91 Å². The molecular weight excluding hydrogens is 314 g/mol. The summed E-state index contributed by atoms with van der Waals surface area (Å²) in [6.45, 7) is 6.67. The number of benzene rings is 1. The molecule has 25 heavy (non-hydrogen) atoms. The number of carbonyl (C=O) groups is 1. The van der Waals surface area contributed by atoms with Crippen molar-refractivity contribution in [3.05, 3.63) is 58.0 Å². The second kappa shape index (κ2) is 9.16. The standard InChI is InChI=1S/C20H27N3O2/c1-4-6-10-16(5-2)14-21-20(25)19-18(24)13-15(3)23(22-19)17-11-8-7-9-12-17/h7-9,11-13,16H,4-6,10,14H2,1-3H3,(H,21,25). The normalized spacial score (nSPS) is 12.0. The number of rotatable bonds is 8. The molecule has 0 bridgehead atoms. The van der Waals surface area contributed by atoms with Crippen molar-refractivity contribution >= 4 is 5.91 Å². The van der Waals surface area contributed by atoms with Crippen LogP contribution in [0.5, 0.6) is 0 Å². The van der Waals surface area contributed by atoms with E-state index in [9.17, 15) is 9.59 Å². The number of unbranched alkanes of at least 4 members (excludes halogenated alkanes) is 1. The van der Waals surface area contributed by atoms with E-state index in [1.54, 1.807) is 11.6 Å². The van der Waals surface area contributed by atoms with Crippen LogP contribution in [0.15, 0.2) is 41.2 Å². The summed E-state index contributed by atoms with van der Waals surface area (Å²) in [5.74, 6) is 0.0373. The van der Waals surface area contributed by atoms with Gasteiger partial charge in [0.2, 0.25) is 5.43 Å². The lowest BCUT2D eigenvalue weighted by Gasteiger charge is -2.15. The molecule has 2 rings (SSSR count). The molecule has 0 saturated heterocycles. The van der Waals surface area contributed by atoms with Gasteiger partial charge in [0.05, 0.1) is 5.69 Å². The first-order valence-electron chi connectivity index (χ1n) is 9.01. The van der Waals surface area contributed by atoms with Gasteiger partial charge in [-0.25, -0.2) is 4.68 Å². The highest BCUT2D eigenvalue weighted by molar-refractivity contribution is 5.92. The lowest BCUT2D eigenvalue weighted by molar-refractivity contribution is 0.0938. The zero-order chi connectivity index (χ0) is 18.2. The van der Waals surface area contributed by atoms with Crippen molar-refractivity contribution in [3.63, 3.8) is 0 Å². The molecule has 0 spiro atoms. The Morgan fingerprint density at radius 2 is 1.96 bits per heavy atom. The zero-order valence-electron chi connectivity index (χ0n) is 15.3. The molecule has 1 amide bonds. The Morgan fingerprint density at radius 1 is 1.24 bits per heavy atom. The van der Waals surface area contributed by atoms with Gasteiger partial charge in [0.15, 0.2) is 5.69 Å². The predicted octanol–water partition coefficient (Wildman–Crippen LogP) is 3.49. The molecule has 1 atom stereocenters. The van der Waals surface area contributed by atoms with Gasteiger partial charge in [-0.2, -0.15) is 5.10 Å². The lowest BCUT2D eigenvalue weighted by Crippen LogP contribution is -2.34. The fourth-order valence-electron chi connectivity index (χ4n) is 2.80. The molecule has 0 saturated carbocycles. The van der Waals surface area contributed by atoms with Crippen molar-refractivity contribution in [2.45, 2.75) is 46.5 Å². The van der Waals surface area contributed by atoms with Gasteiger partial charge in [0.1, 0.15) is 0 Å². The van der Waals surface area contributed by atoms with Crippen molar-refractivity contribution in [1.82, 2.24) is 15.1 Å². The number of amides is 1. The van der Waals surface area contributed by atoms with Crippen molar-refractivity contribution < 1.29 is 4.79 Å². The number of aryl methyl sites for hydroxylation is 1. The highest BCUT2D eigenvalue weighted by atomic mass is 16.2. The van der Waals surface area contributed by atoms with Crippen LogP contribution in [-0.4, -0.2) is 22.2 Å². The molecule has 2 aromatic rings. The van der Waals surface area contributed by atoms with E-state index in [-0.39, 0.29) is 11.1 Å². The number of para-hydroxylation sites is 1. The summed E-state index contributed by atoms with van der Waals surface area (Å²) >= 11 is 0. The fraction of sp³-hybridized carbons (Fsp3) is 0.450. The quantitative estimate of drug-likeness (QED) is 0.799. The van der Waals surface area contributed by atoms with Gasteiger partial charge in [-0.3, -0.25) is 9.59 Å². The number of hydrogen-bond acceptors (Lipinski definition) is 3. The summed E-state index contributed by atoms with van der Waals surface area (Å²) in [5, 5.41) is 7.18. The second-order valence-electron chi connectivity index (χ2n) is 6.37. The maximum atomic E-state index is 12.5. The molecule has 1 heterocycles. The molecule has 0 fully saturated rings. The maximum absolute atomic E-state index is 12.5. The summed E-state index contributed by atoms with van der Waals surface area (Å²) < 4.78 is 1.63. The SMILES string of the molecule is CCCCC(CC)CNC(=O)c1nn(-c2ccccc2)c(C)cc1=O. The van der Waals surface area contributed by atoms with Gasteiger partial charge < -0.3 is 5.32 Å². The summed E-state index contributed by atoms with van der Waals surface area (Å²) in [7, 11) is 0. The number of carbonyl (C=O) groups excluding carboxylic acids is 1. The molecule has 1 N–H and O–H groups in total. The van der Waals surface area contributed by atoms with Crippen LogP contribution in [0, 0.1) is 12.8 Å². The van der Waals surface area contributed by atoms with E-state index >= 15 is 0 Å². The average Bonchev–Trinajstić information content (AvgIpc) is 2.62. The monoisotopic (exact) mass is 341 g/mol. The first kappa shape index (κ1) is 18.9. The summed E-state index contributed by atoms with van der Waals surface area (Å²) in [4.78, 5) is 24.7. The van der Waals surface area contributed by atoms with Gasteiger partial charge in [-0.05, 0) is 31.4 Å². The minimum Gasteiger partial charge on any atom is -0.350 e. The molecular formula is C20H27N3O2. The van der Waals surface area contributed by atoms with Gasteiger partial charge >= 0.3 is 0 Å². The van der Waals surface area contributed by atoms with Crippen LogP contribution in [-0.2, 0) is 0 Å². The molecule has 1 aromatic carbocycles. The third-order valence-electron chi connectivity index (χ3n) is 4.42. The van der Waals surface area contributed by atoms with E-state index in [0.29, 0.717) is 18.2 Å². The molecule has 0 aliphatic carbocycles. The molecule has 5 heteroatoms. The Kier molecular flexibility index (Phi) is 6.92. The second-order valence-corrected chi connectivity index (χ2v) is 6.37. The Hall–Kier alpha value is -2.43. The third kappa shape index (κ3) is 5.02. The lowest BCUT2D eigenvalue weighted by atomic mass is 9.99. The maximum Gasteiger partial charge on any atom is 0.275 e. The summed E-state index contributed by atoms with van der Waals surface area (Å²) in [5.41, 5.74) is 1.12. The van der Waals surface area contributed by atoms with Crippen molar-refractivity contribution in [2.24, 2.45) is 5.92 Å². The molecule has 0 aliphatic rings. The van der Waals surface area contributed by atoms with E-state index in [1.165, 1.54) is 6.07 Å². The van der Waals surface area contributed by atoms with E-state index in [0.717, 1.165) is 31.4 Å². The van der Waals surface area contributed by atoms with Crippen LogP contribution in [0.1, 0.15) is 55.7 Å². The number of hydrogen-bond donors (Lipinski definition) is 1. The Labute approximate surface area is 149 Å². The molecule has 1 aromatic heterocycles. The Balaban J connectivity index is 2.18. The highest BCUT2D eigenvalue weighted by Gasteiger charge is 2.16. The van der Waals surface area contributed by atoms with Crippen LogP contribution in [0.2, 0.25) is 0 Å². The average molecular weight is 341 g/mol. The van der Waals surface area contributed by atoms with Crippen molar-refractivity contribution in [1.29, 1.82) is 0 Å². The number of aromatic nitrogens is 2. The summed E-state index contributed by atoms with van der Waals surface area (Å²) in [6, 6.07) is 11.0. The molecule has 1 unspecified atom stereocenters. The van der Waals surface area contributed by atoms with Gasteiger partial charge in [-0.1, -0.05) is 51.3 Å². The topological polar surface area (TPSA) is 64.0 Å². The third-order valence-corrected chi connectivity index (χ3v) is 4.42. The minimum absolute atomic E-state index is 0.0557. The van der Waals surface area contributed by atoms with Crippen LogP contribution < -0.4 is 10.7 Å². The predicted molar refractivity (Wildman–Crippen MR) is 100 cm³/mol. The Bertz CT molecular complexity index is 753. The van der Waals surface area contributed by atoms with E-state index < -0.39 is 5.91 Å². The van der Waals surface area contributed by atoms with E-state index in [1.807, 2.05) is 30.3 Å². The van der Waals surface area contributed by atoms with Crippen LogP contribution in [0.25, 0.3) is 5.69 Å².